The molecule has 0 radical (unpaired) electrons. The fourth-order valence-electron chi connectivity index (χ4n) is 2.26. The lowest BCUT2D eigenvalue weighted by Gasteiger charge is -2.30. The molecule has 15 heavy (non-hydrogen) atoms. The van der Waals surface area contributed by atoms with Gasteiger partial charge in [-0.1, -0.05) is 0 Å². The molecule has 0 aromatic carbocycles. The lowest BCUT2D eigenvalue weighted by molar-refractivity contribution is 0.0658. The minimum absolute atomic E-state index is 0.345. The van der Waals surface area contributed by atoms with Crippen molar-refractivity contribution in [2.24, 2.45) is 0 Å². The Bertz CT molecular complexity index is 282. The van der Waals surface area contributed by atoms with E-state index in [2.05, 4.69) is 5.32 Å². The van der Waals surface area contributed by atoms with Gasteiger partial charge in [0.05, 0.1) is 18.1 Å². The first-order chi connectivity index (χ1) is 7.16. The van der Waals surface area contributed by atoms with Crippen LogP contribution in [-0.2, 0) is 14.6 Å². The smallest absolute Gasteiger partial charge is 0.150 e. The average Bonchev–Trinajstić information content (AvgIpc) is 2.23. The minimum Gasteiger partial charge on any atom is -0.380 e. The number of sulfone groups is 1. The second kappa shape index (κ2) is 4.80. The predicted octanol–water partition coefficient (Wildman–Crippen LogP) is 0.332. The monoisotopic (exact) mass is 233 g/mol. The highest BCUT2D eigenvalue weighted by molar-refractivity contribution is 7.91. The maximum absolute atomic E-state index is 11.2. The zero-order chi connectivity index (χ0) is 10.7. The molecule has 0 saturated carbocycles. The van der Waals surface area contributed by atoms with Gasteiger partial charge in [0.15, 0.2) is 0 Å². The third-order valence-electron chi connectivity index (χ3n) is 3.19. The van der Waals surface area contributed by atoms with Crippen LogP contribution >= 0.6 is 0 Å². The highest BCUT2D eigenvalue weighted by atomic mass is 32.2. The topological polar surface area (TPSA) is 55.4 Å². The Morgan fingerprint density at radius 1 is 1.07 bits per heavy atom. The van der Waals surface area contributed by atoms with Gasteiger partial charge in [0.2, 0.25) is 0 Å². The van der Waals surface area contributed by atoms with Crippen LogP contribution in [0, 0.1) is 0 Å². The van der Waals surface area contributed by atoms with Crippen LogP contribution in [-0.4, -0.2) is 45.2 Å². The van der Waals surface area contributed by atoms with Gasteiger partial charge in [-0.05, 0) is 25.7 Å². The largest absolute Gasteiger partial charge is 0.380 e. The maximum Gasteiger partial charge on any atom is 0.150 e. The summed E-state index contributed by atoms with van der Waals surface area (Å²) in [5.74, 6) is 0.691. The summed E-state index contributed by atoms with van der Waals surface area (Å²) in [6.45, 7) is 1.65. The van der Waals surface area contributed by atoms with Gasteiger partial charge >= 0.3 is 0 Å². The van der Waals surface area contributed by atoms with Gasteiger partial charge in [-0.3, -0.25) is 0 Å². The molecule has 4 nitrogen and oxygen atoms in total. The number of ether oxygens (including phenoxy) is 1. The maximum atomic E-state index is 11.2. The summed E-state index contributed by atoms with van der Waals surface area (Å²) in [5, 5.41) is 3.51. The molecule has 2 saturated heterocycles. The van der Waals surface area contributed by atoms with Crippen LogP contribution in [0.1, 0.15) is 25.7 Å². The van der Waals surface area contributed by atoms with Crippen LogP contribution in [0.5, 0.6) is 0 Å². The standard InChI is InChI=1S/C10H19NO3S/c12-15(13)6-3-9(4-7-15)11-10-2-1-5-14-8-10/h9-11H,1-8H2. The number of nitrogens with one attached hydrogen (secondary N) is 1. The molecule has 0 amide bonds. The Hall–Kier alpha value is -0.130. The van der Waals surface area contributed by atoms with E-state index >= 15 is 0 Å². The molecule has 0 aliphatic carbocycles. The van der Waals surface area contributed by atoms with Gasteiger partial charge in [0, 0.05) is 18.7 Å². The highest BCUT2D eigenvalue weighted by Crippen LogP contribution is 2.15. The molecule has 1 N–H and O–H groups in total. The number of hydrogen-bond acceptors (Lipinski definition) is 4. The molecule has 2 heterocycles. The lowest BCUT2D eigenvalue weighted by Crippen LogP contribution is -2.46. The Kier molecular flexibility index (Phi) is 3.64. The number of hydrogen-bond donors (Lipinski definition) is 1. The normalized spacial score (nSPS) is 32.7. The van der Waals surface area contributed by atoms with E-state index in [0.29, 0.717) is 23.6 Å². The van der Waals surface area contributed by atoms with Crippen molar-refractivity contribution >= 4 is 9.84 Å². The van der Waals surface area contributed by atoms with E-state index in [4.69, 9.17) is 4.74 Å². The Labute approximate surface area is 91.3 Å². The van der Waals surface area contributed by atoms with Crippen molar-refractivity contribution in [3.8, 4) is 0 Å². The van der Waals surface area contributed by atoms with E-state index < -0.39 is 9.84 Å². The van der Waals surface area contributed by atoms with Crippen molar-refractivity contribution in [2.75, 3.05) is 24.7 Å². The van der Waals surface area contributed by atoms with Crippen LogP contribution in [0.3, 0.4) is 0 Å². The fraction of sp³-hybridized carbons (Fsp3) is 1.00. The van der Waals surface area contributed by atoms with E-state index in [1.807, 2.05) is 0 Å². The highest BCUT2D eigenvalue weighted by Gasteiger charge is 2.25. The van der Waals surface area contributed by atoms with Gasteiger partial charge < -0.3 is 10.1 Å². The summed E-state index contributed by atoms with van der Waals surface area (Å²) in [6, 6.07) is 0.810. The molecule has 0 spiro atoms. The van der Waals surface area contributed by atoms with E-state index in [1.54, 1.807) is 0 Å². The molecule has 0 bridgehead atoms. The van der Waals surface area contributed by atoms with Crippen molar-refractivity contribution in [1.82, 2.24) is 5.32 Å². The third-order valence-corrected chi connectivity index (χ3v) is 4.90. The van der Waals surface area contributed by atoms with Crippen LogP contribution in [0.2, 0.25) is 0 Å². The predicted molar refractivity (Wildman–Crippen MR) is 58.7 cm³/mol. The summed E-state index contributed by atoms with van der Waals surface area (Å²) in [7, 11) is -2.73. The molecule has 2 fully saturated rings. The summed E-state index contributed by atoms with van der Waals surface area (Å²) in [6.07, 6.45) is 3.80. The Morgan fingerprint density at radius 2 is 1.80 bits per heavy atom. The molecule has 0 aromatic heterocycles. The van der Waals surface area contributed by atoms with Crippen molar-refractivity contribution in [3.63, 3.8) is 0 Å². The number of rotatable bonds is 2. The van der Waals surface area contributed by atoms with E-state index in [-0.39, 0.29) is 0 Å². The molecule has 2 aliphatic rings. The van der Waals surface area contributed by atoms with Gasteiger partial charge in [0.1, 0.15) is 9.84 Å². The summed E-state index contributed by atoms with van der Waals surface area (Å²) < 4.78 is 27.9. The summed E-state index contributed by atoms with van der Waals surface area (Å²) in [5.41, 5.74) is 0. The summed E-state index contributed by atoms with van der Waals surface area (Å²) in [4.78, 5) is 0. The van der Waals surface area contributed by atoms with Crippen LogP contribution in [0.25, 0.3) is 0 Å². The Balaban J connectivity index is 1.76. The van der Waals surface area contributed by atoms with Crippen molar-refractivity contribution in [3.05, 3.63) is 0 Å². The van der Waals surface area contributed by atoms with E-state index in [0.717, 1.165) is 38.9 Å². The molecular formula is C10H19NO3S. The van der Waals surface area contributed by atoms with Crippen LogP contribution < -0.4 is 5.32 Å². The molecule has 0 aromatic rings. The first-order valence-corrected chi connectivity index (χ1v) is 7.52. The summed E-state index contributed by atoms with van der Waals surface area (Å²) >= 11 is 0. The second-order valence-electron chi connectivity index (χ2n) is 4.51. The average molecular weight is 233 g/mol. The fourth-order valence-corrected chi connectivity index (χ4v) is 3.75. The molecule has 1 unspecified atom stereocenters. The van der Waals surface area contributed by atoms with E-state index in [1.165, 1.54) is 0 Å². The lowest BCUT2D eigenvalue weighted by atomic mass is 10.1. The quantitative estimate of drug-likeness (QED) is 0.747. The SMILES string of the molecule is O=S1(=O)CCC(NC2CCCOC2)CC1. The minimum atomic E-state index is -2.73. The zero-order valence-corrected chi connectivity index (χ0v) is 9.76. The first kappa shape index (κ1) is 11.4. The van der Waals surface area contributed by atoms with Gasteiger partial charge in [-0.25, -0.2) is 8.42 Å². The first-order valence-electron chi connectivity index (χ1n) is 5.70. The molecule has 5 heteroatoms. The molecular weight excluding hydrogens is 214 g/mol. The third kappa shape index (κ3) is 3.43. The Morgan fingerprint density at radius 3 is 2.40 bits per heavy atom. The molecule has 88 valence electrons. The molecule has 1 atom stereocenters. The van der Waals surface area contributed by atoms with Crippen LogP contribution in [0.4, 0.5) is 0 Å². The van der Waals surface area contributed by atoms with Gasteiger partial charge in [0.25, 0.3) is 0 Å². The van der Waals surface area contributed by atoms with Gasteiger partial charge in [-0.15, -0.1) is 0 Å². The van der Waals surface area contributed by atoms with Gasteiger partial charge in [-0.2, -0.15) is 0 Å². The second-order valence-corrected chi connectivity index (χ2v) is 6.81. The molecule has 2 rings (SSSR count). The van der Waals surface area contributed by atoms with E-state index in [9.17, 15) is 8.42 Å². The van der Waals surface area contributed by atoms with Crippen molar-refractivity contribution in [1.29, 1.82) is 0 Å². The van der Waals surface area contributed by atoms with Crippen molar-refractivity contribution < 1.29 is 13.2 Å². The zero-order valence-electron chi connectivity index (χ0n) is 8.94. The molecule has 2 aliphatic heterocycles. The van der Waals surface area contributed by atoms with Crippen LogP contribution in [0.15, 0.2) is 0 Å². The van der Waals surface area contributed by atoms with Crippen molar-refractivity contribution in [2.45, 2.75) is 37.8 Å².